The van der Waals surface area contributed by atoms with E-state index in [4.69, 9.17) is 11.6 Å². The molecule has 0 aliphatic carbocycles. The number of ketones is 1. The van der Waals surface area contributed by atoms with Crippen molar-refractivity contribution < 1.29 is 18.0 Å². The molecule has 2 aromatic heterocycles. The van der Waals surface area contributed by atoms with E-state index in [9.17, 15) is 18.0 Å². The van der Waals surface area contributed by atoms with Crippen LogP contribution < -0.4 is 4.90 Å². The number of carbonyl (C=O) groups excluding carboxylic acids is 1. The molecule has 1 aromatic carbocycles. The first-order valence-electron chi connectivity index (χ1n) is 10.9. The Bertz CT molecular complexity index is 1170. The number of halogens is 4. The van der Waals surface area contributed by atoms with Crippen LogP contribution in [0.1, 0.15) is 34.8 Å². The van der Waals surface area contributed by atoms with Crippen LogP contribution in [0.3, 0.4) is 0 Å². The second-order valence-corrected chi connectivity index (χ2v) is 8.88. The third kappa shape index (κ3) is 5.01. The number of hydrogen-bond donors (Lipinski definition) is 0. The Labute approximate surface area is 195 Å². The second-order valence-electron chi connectivity index (χ2n) is 8.47. The molecule has 176 valence electrons. The molecular formula is C24H26ClF3N4O. The van der Waals surface area contributed by atoms with E-state index in [-0.39, 0.29) is 10.8 Å². The van der Waals surface area contributed by atoms with Crippen LogP contribution in [-0.2, 0) is 12.7 Å². The van der Waals surface area contributed by atoms with Gasteiger partial charge in [-0.05, 0) is 38.4 Å². The van der Waals surface area contributed by atoms with Crippen LogP contribution in [0, 0.1) is 6.92 Å². The Hall–Kier alpha value is -2.58. The maximum atomic E-state index is 12.8. The molecule has 0 radical (unpaired) electrons. The highest BCUT2D eigenvalue weighted by Crippen LogP contribution is 2.33. The summed E-state index contributed by atoms with van der Waals surface area (Å²) in [6.45, 7) is 8.22. The van der Waals surface area contributed by atoms with E-state index in [1.807, 2.05) is 23.2 Å². The van der Waals surface area contributed by atoms with Crippen molar-refractivity contribution in [1.82, 2.24) is 14.5 Å². The molecular weight excluding hydrogens is 453 g/mol. The van der Waals surface area contributed by atoms with E-state index >= 15 is 0 Å². The van der Waals surface area contributed by atoms with Crippen LogP contribution in [-0.4, -0.2) is 53.0 Å². The number of fused-ring (bicyclic) bond motifs is 1. The summed E-state index contributed by atoms with van der Waals surface area (Å²) in [5, 5.41) is 1.02. The quantitative estimate of drug-likeness (QED) is 0.443. The molecule has 0 unspecified atom stereocenters. The molecule has 3 heterocycles. The zero-order valence-corrected chi connectivity index (χ0v) is 19.4. The lowest BCUT2D eigenvalue weighted by Gasteiger charge is -2.35. The minimum atomic E-state index is -4.46. The first-order chi connectivity index (χ1) is 15.6. The summed E-state index contributed by atoms with van der Waals surface area (Å²) in [6.07, 6.45) is -0.736. The van der Waals surface area contributed by atoms with E-state index in [2.05, 4.69) is 27.4 Å². The van der Waals surface area contributed by atoms with Crippen molar-refractivity contribution in [2.75, 3.05) is 37.6 Å². The number of para-hydroxylation sites is 1. The number of anilines is 1. The molecule has 0 N–H and O–H groups in total. The molecule has 4 rings (SSSR count). The molecule has 1 fully saturated rings. The third-order valence-electron chi connectivity index (χ3n) is 6.17. The zero-order chi connectivity index (χ0) is 23.8. The monoisotopic (exact) mass is 478 g/mol. The normalized spacial score (nSPS) is 15.4. The summed E-state index contributed by atoms with van der Waals surface area (Å²) in [6, 6.07) is 6.97. The number of Topliss-reactive ketones (excluding diaryl/α,β-unsaturated/α-hetero) is 1. The Morgan fingerprint density at radius 1 is 1.15 bits per heavy atom. The minimum absolute atomic E-state index is 0.0226. The highest BCUT2D eigenvalue weighted by atomic mass is 35.5. The summed E-state index contributed by atoms with van der Waals surface area (Å²) >= 11 is 6.10. The fourth-order valence-electron chi connectivity index (χ4n) is 4.47. The number of hydrogen-bond acceptors (Lipinski definition) is 4. The van der Waals surface area contributed by atoms with E-state index in [0.29, 0.717) is 18.9 Å². The van der Waals surface area contributed by atoms with E-state index in [1.165, 1.54) is 0 Å². The van der Waals surface area contributed by atoms with Crippen LogP contribution in [0.4, 0.5) is 19.0 Å². The molecule has 1 aliphatic heterocycles. The van der Waals surface area contributed by atoms with Gasteiger partial charge in [-0.1, -0.05) is 29.8 Å². The van der Waals surface area contributed by atoms with E-state index in [0.717, 1.165) is 66.9 Å². The molecule has 0 saturated carbocycles. The number of carbonyl (C=O) groups is 1. The van der Waals surface area contributed by atoms with Gasteiger partial charge in [0, 0.05) is 56.1 Å². The Kier molecular flexibility index (Phi) is 6.68. The Morgan fingerprint density at radius 3 is 2.52 bits per heavy atom. The van der Waals surface area contributed by atoms with Crippen molar-refractivity contribution in [3.63, 3.8) is 0 Å². The summed E-state index contributed by atoms with van der Waals surface area (Å²) in [4.78, 5) is 20.3. The Morgan fingerprint density at radius 2 is 1.88 bits per heavy atom. The highest BCUT2D eigenvalue weighted by molar-refractivity contribution is 6.33. The number of alkyl halides is 3. The molecule has 0 amide bonds. The first-order valence-corrected chi connectivity index (χ1v) is 11.3. The van der Waals surface area contributed by atoms with Crippen LogP contribution in [0.25, 0.3) is 10.9 Å². The van der Waals surface area contributed by atoms with Gasteiger partial charge in [0.1, 0.15) is 5.82 Å². The van der Waals surface area contributed by atoms with Crippen LogP contribution >= 0.6 is 11.6 Å². The molecule has 33 heavy (non-hydrogen) atoms. The summed E-state index contributed by atoms with van der Waals surface area (Å²) in [7, 11) is 0. The number of aryl methyl sites for hydroxylation is 2. The lowest BCUT2D eigenvalue weighted by atomic mass is 10.1. The molecule has 5 nitrogen and oxygen atoms in total. The fraction of sp³-hybridized carbons (Fsp3) is 0.417. The molecule has 1 saturated heterocycles. The number of aromatic nitrogens is 2. The van der Waals surface area contributed by atoms with Crippen LogP contribution in [0.15, 0.2) is 36.7 Å². The predicted molar refractivity (Wildman–Crippen MR) is 124 cm³/mol. The van der Waals surface area contributed by atoms with Crippen molar-refractivity contribution in [3.8, 4) is 0 Å². The maximum absolute atomic E-state index is 12.8. The van der Waals surface area contributed by atoms with Crippen LogP contribution in [0.2, 0.25) is 5.02 Å². The van der Waals surface area contributed by atoms with Gasteiger partial charge in [0.15, 0.2) is 5.78 Å². The fourth-order valence-corrected chi connectivity index (χ4v) is 4.76. The number of rotatable bonds is 6. The largest absolute Gasteiger partial charge is 0.417 e. The number of piperazine rings is 1. The third-order valence-corrected chi connectivity index (χ3v) is 6.45. The first kappa shape index (κ1) is 23.6. The van der Waals surface area contributed by atoms with Crippen molar-refractivity contribution in [3.05, 3.63) is 58.4 Å². The number of pyridine rings is 1. The van der Waals surface area contributed by atoms with Gasteiger partial charge in [-0.3, -0.25) is 9.69 Å². The van der Waals surface area contributed by atoms with Crippen LogP contribution in [0.5, 0.6) is 0 Å². The minimum Gasteiger partial charge on any atom is -0.353 e. The molecule has 0 atom stereocenters. The smallest absolute Gasteiger partial charge is 0.353 e. The molecule has 0 bridgehead atoms. The van der Waals surface area contributed by atoms with Crippen molar-refractivity contribution >= 4 is 34.1 Å². The number of nitrogens with zero attached hydrogens (tertiary/aromatic N) is 4. The average molecular weight is 479 g/mol. The van der Waals surface area contributed by atoms with Gasteiger partial charge in [0.2, 0.25) is 0 Å². The van der Waals surface area contributed by atoms with Gasteiger partial charge in [-0.2, -0.15) is 13.2 Å². The van der Waals surface area contributed by atoms with Gasteiger partial charge >= 0.3 is 6.18 Å². The standard InChI is InChI=1S/C24H26ClF3N4O/c1-16-5-3-6-19-20(17(2)33)15-32(22(16)19)8-4-7-30-9-11-31(12-10-30)23-21(25)13-18(14-29-23)24(26,27)28/h3,5-6,13-15H,4,7-12H2,1-2H3. The summed E-state index contributed by atoms with van der Waals surface area (Å²) < 4.78 is 40.7. The summed E-state index contributed by atoms with van der Waals surface area (Å²) in [5.41, 5.74) is 2.17. The summed E-state index contributed by atoms with van der Waals surface area (Å²) in [5.74, 6) is 0.464. The molecule has 3 aromatic rings. The Balaban J connectivity index is 1.34. The van der Waals surface area contributed by atoms with E-state index < -0.39 is 11.7 Å². The lowest BCUT2D eigenvalue weighted by Crippen LogP contribution is -2.47. The maximum Gasteiger partial charge on any atom is 0.417 e. The zero-order valence-electron chi connectivity index (χ0n) is 18.6. The van der Waals surface area contributed by atoms with E-state index in [1.54, 1.807) is 6.92 Å². The van der Waals surface area contributed by atoms with Crippen molar-refractivity contribution in [2.45, 2.75) is 33.0 Å². The van der Waals surface area contributed by atoms with Crippen molar-refractivity contribution in [2.24, 2.45) is 0 Å². The van der Waals surface area contributed by atoms with Gasteiger partial charge in [-0.25, -0.2) is 4.98 Å². The highest BCUT2D eigenvalue weighted by Gasteiger charge is 2.32. The average Bonchev–Trinajstić information content (AvgIpc) is 3.14. The van der Waals surface area contributed by atoms with Gasteiger partial charge < -0.3 is 9.47 Å². The predicted octanol–water partition coefficient (Wildman–Crippen LogP) is 5.43. The SMILES string of the molecule is CC(=O)c1cn(CCCN2CCN(c3ncc(C(F)(F)F)cc3Cl)CC2)c2c(C)cccc12. The molecule has 1 aliphatic rings. The molecule has 9 heteroatoms. The van der Waals surface area contributed by atoms with Gasteiger partial charge in [-0.15, -0.1) is 0 Å². The molecule has 0 spiro atoms. The lowest BCUT2D eigenvalue weighted by molar-refractivity contribution is -0.137. The van der Waals surface area contributed by atoms with Gasteiger partial charge in [0.05, 0.1) is 16.1 Å². The topological polar surface area (TPSA) is 41.4 Å². The van der Waals surface area contributed by atoms with Crippen molar-refractivity contribution in [1.29, 1.82) is 0 Å². The number of benzene rings is 1. The second kappa shape index (κ2) is 9.35. The van der Waals surface area contributed by atoms with Gasteiger partial charge in [0.25, 0.3) is 0 Å².